The Morgan fingerprint density at radius 1 is 0.190 bits per heavy atom. The predicted molar refractivity (Wildman–Crippen MR) is 269 cm³/mol. The van der Waals surface area contributed by atoms with Gasteiger partial charge in [0.2, 0.25) is 0 Å². The van der Waals surface area contributed by atoms with Crippen molar-refractivity contribution in [2.75, 3.05) is 4.90 Å². The molecule has 63 heavy (non-hydrogen) atoms. The fourth-order valence-electron chi connectivity index (χ4n) is 9.06. The Balaban J connectivity index is 1.02. The van der Waals surface area contributed by atoms with E-state index in [9.17, 15) is 0 Å². The first kappa shape index (κ1) is 37.7. The minimum atomic E-state index is 1.09. The van der Waals surface area contributed by atoms with Crippen LogP contribution in [-0.4, -0.2) is 0 Å². The topological polar surface area (TPSA) is 3.24 Å². The van der Waals surface area contributed by atoms with E-state index >= 15 is 0 Å². The Bertz CT molecular complexity index is 3190. The molecule has 0 spiro atoms. The van der Waals surface area contributed by atoms with Gasteiger partial charge in [0.15, 0.2) is 0 Å². The molecule has 1 nitrogen and oxygen atoms in total. The zero-order valence-corrected chi connectivity index (χ0v) is 34.8. The summed E-state index contributed by atoms with van der Waals surface area (Å²) in [6.07, 6.45) is 0. The molecular formula is C62H43N. The average Bonchev–Trinajstić information content (AvgIpc) is 3.37. The quantitative estimate of drug-likeness (QED) is 0.131. The highest BCUT2D eigenvalue weighted by Crippen LogP contribution is 2.44. The van der Waals surface area contributed by atoms with Crippen LogP contribution >= 0.6 is 0 Å². The molecule has 0 aromatic heterocycles. The van der Waals surface area contributed by atoms with Gasteiger partial charge >= 0.3 is 0 Å². The molecule has 0 N–H and O–H groups in total. The van der Waals surface area contributed by atoms with Crippen molar-refractivity contribution in [1.82, 2.24) is 0 Å². The molecule has 0 aliphatic rings. The number of hydrogen-bond donors (Lipinski definition) is 0. The minimum absolute atomic E-state index is 1.09. The van der Waals surface area contributed by atoms with Gasteiger partial charge in [-0.1, -0.05) is 218 Å². The first-order valence-electron chi connectivity index (χ1n) is 21.7. The van der Waals surface area contributed by atoms with Gasteiger partial charge in [0, 0.05) is 17.1 Å². The Kier molecular flexibility index (Phi) is 9.97. The second-order valence-electron chi connectivity index (χ2n) is 16.1. The van der Waals surface area contributed by atoms with Crippen molar-refractivity contribution in [3.05, 3.63) is 261 Å². The SMILES string of the molecule is c1ccc(-c2ccc(-c3ccc(N(c4ccc(-c5ccc(-c6ccccc6)cc5)cc4)c4ccc(-c5cc6ccccc6c6ccccc56)c(-c5ccccc5)c4)cc3)cc2)cc1. The molecule has 0 fully saturated rings. The first-order chi connectivity index (χ1) is 31.2. The van der Waals surface area contributed by atoms with Crippen molar-refractivity contribution in [3.8, 4) is 66.8 Å². The summed E-state index contributed by atoms with van der Waals surface area (Å²) in [5.74, 6) is 0. The largest absolute Gasteiger partial charge is 0.310 e. The van der Waals surface area contributed by atoms with Gasteiger partial charge < -0.3 is 4.90 Å². The van der Waals surface area contributed by atoms with Crippen LogP contribution in [0.2, 0.25) is 0 Å². The lowest BCUT2D eigenvalue weighted by Crippen LogP contribution is -2.10. The summed E-state index contributed by atoms with van der Waals surface area (Å²) >= 11 is 0. The smallest absolute Gasteiger partial charge is 0.0468 e. The Labute approximate surface area is 369 Å². The predicted octanol–water partition coefficient (Wildman–Crippen LogP) is 17.5. The molecule has 0 saturated heterocycles. The van der Waals surface area contributed by atoms with E-state index in [4.69, 9.17) is 0 Å². The normalized spacial score (nSPS) is 11.2. The molecule has 0 unspecified atom stereocenters. The zero-order chi connectivity index (χ0) is 42.0. The molecule has 0 heterocycles. The lowest BCUT2D eigenvalue weighted by molar-refractivity contribution is 1.28. The maximum atomic E-state index is 2.39. The molecule has 0 saturated carbocycles. The van der Waals surface area contributed by atoms with E-state index in [0.717, 1.165) is 17.1 Å². The summed E-state index contributed by atoms with van der Waals surface area (Å²) in [7, 11) is 0. The molecule has 11 aromatic carbocycles. The summed E-state index contributed by atoms with van der Waals surface area (Å²) in [5.41, 5.74) is 17.7. The van der Waals surface area contributed by atoms with E-state index in [1.54, 1.807) is 0 Å². The molecule has 0 bridgehead atoms. The average molecular weight is 802 g/mol. The van der Waals surface area contributed by atoms with Crippen molar-refractivity contribution in [2.24, 2.45) is 0 Å². The van der Waals surface area contributed by atoms with Crippen molar-refractivity contribution in [2.45, 2.75) is 0 Å². The van der Waals surface area contributed by atoms with E-state index in [0.29, 0.717) is 0 Å². The van der Waals surface area contributed by atoms with Gasteiger partial charge in [-0.25, -0.2) is 0 Å². The Morgan fingerprint density at radius 2 is 0.540 bits per heavy atom. The van der Waals surface area contributed by atoms with Crippen LogP contribution in [-0.2, 0) is 0 Å². The van der Waals surface area contributed by atoms with Crippen LogP contribution in [0.3, 0.4) is 0 Å². The number of nitrogens with zero attached hydrogens (tertiary/aromatic N) is 1. The van der Waals surface area contributed by atoms with Gasteiger partial charge in [0.25, 0.3) is 0 Å². The van der Waals surface area contributed by atoms with E-state index in [1.807, 2.05) is 0 Å². The molecule has 0 aliphatic heterocycles. The second kappa shape index (κ2) is 16.7. The molecule has 1 heteroatoms. The fraction of sp³-hybridized carbons (Fsp3) is 0. The fourth-order valence-corrected chi connectivity index (χ4v) is 9.06. The van der Waals surface area contributed by atoms with E-state index < -0.39 is 0 Å². The summed E-state index contributed by atoms with van der Waals surface area (Å²) in [6, 6.07) is 94.6. The molecule has 0 aliphatic carbocycles. The first-order valence-corrected chi connectivity index (χ1v) is 21.7. The van der Waals surface area contributed by atoms with Crippen LogP contribution in [0.15, 0.2) is 261 Å². The highest BCUT2D eigenvalue weighted by molar-refractivity contribution is 6.15. The van der Waals surface area contributed by atoms with Gasteiger partial charge in [-0.05, 0) is 131 Å². The summed E-state index contributed by atoms with van der Waals surface area (Å²) in [6.45, 7) is 0. The van der Waals surface area contributed by atoms with Gasteiger partial charge in [0.1, 0.15) is 0 Å². The zero-order valence-electron chi connectivity index (χ0n) is 34.8. The third-order valence-corrected chi connectivity index (χ3v) is 12.3. The molecule has 11 rings (SSSR count). The molecule has 0 amide bonds. The van der Waals surface area contributed by atoms with Crippen molar-refractivity contribution in [3.63, 3.8) is 0 Å². The van der Waals surface area contributed by atoms with E-state index in [-0.39, 0.29) is 0 Å². The van der Waals surface area contributed by atoms with Crippen LogP contribution in [0.5, 0.6) is 0 Å². The van der Waals surface area contributed by atoms with E-state index in [1.165, 1.54) is 88.3 Å². The third-order valence-electron chi connectivity index (χ3n) is 12.3. The van der Waals surface area contributed by atoms with Gasteiger partial charge in [-0.3, -0.25) is 0 Å². The summed E-state index contributed by atoms with van der Waals surface area (Å²) < 4.78 is 0. The molecule has 0 radical (unpaired) electrons. The number of anilines is 3. The highest BCUT2D eigenvalue weighted by atomic mass is 15.1. The molecule has 296 valence electrons. The highest BCUT2D eigenvalue weighted by Gasteiger charge is 2.19. The van der Waals surface area contributed by atoms with Crippen molar-refractivity contribution < 1.29 is 0 Å². The number of hydrogen-bond acceptors (Lipinski definition) is 1. The maximum absolute atomic E-state index is 2.39. The van der Waals surface area contributed by atoms with E-state index in [2.05, 4.69) is 266 Å². The van der Waals surface area contributed by atoms with Gasteiger partial charge in [0.05, 0.1) is 0 Å². The lowest BCUT2D eigenvalue weighted by Gasteiger charge is -2.27. The van der Waals surface area contributed by atoms with Crippen molar-refractivity contribution >= 4 is 38.6 Å². The molecule has 11 aromatic rings. The van der Waals surface area contributed by atoms with Gasteiger partial charge in [-0.15, -0.1) is 0 Å². The second-order valence-corrected chi connectivity index (χ2v) is 16.1. The lowest BCUT2D eigenvalue weighted by atomic mass is 9.88. The van der Waals surface area contributed by atoms with Crippen LogP contribution in [0, 0.1) is 0 Å². The monoisotopic (exact) mass is 801 g/mol. The number of fused-ring (bicyclic) bond motifs is 3. The Morgan fingerprint density at radius 3 is 1.02 bits per heavy atom. The third kappa shape index (κ3) is 7.47. The maximum Gasteiger partial charge on any atom is 0.0468 e. The van der Waals surface area contributed by atoms with Crippen LogP contribution < -0.4 is 4.90 Å². The molecule has 0 atom stereocenters. The standard InChI is InChI=1S/C62H43N/c1-4-14-44(15-5-1)46-24-28-48(29-25-46)50-32-36-54(37-33-50)63(55-38-34-51(35-39-55)49-30-26-47(27-31-49)45-16-6-2-7-17-45)56-40-41-60(61(43-56)52-18-8-3-9-19-52)62-42-53-20-10-11-21-57(53)58-22-12-13-23-59(58)62/h1-43H. The van der Waals surface area contributed by atoms with Gasteiger partial charge in [-0.2, -0.15) is 0 Å². The van der Waals surface area contributed by atoms with Crippen LogP contribution in [0.4, 0.5) is 17.1 Å². The number of rotatable bonds is 9. The minimum Gasteiger partial charge on any atom is -0.310 e. The summed E-state index contributed by atoms with van der Waals surface area (Å²) in [5, 5.41) is 5.02. The summed E-state index contributed by atoms with van der Waals surface area (Å²) in [4.78, 5) is 2.39. The Hall–Kier alpha value is -8.26. The van der Waals surface area contributed by atoms with Crippen LogP contribution in [0.1, 0.15) is 0 Å². The van der Waals surface area contributed by atoms with Crippen LogP contribution in [0.25, 0.3) is 88.3 Å². The van der Waals surface area contributed by atoms with Crippen molar-refractivity contribution in [1.29, 1.82) is 0 Å². The molecular weight excluding hydrogens is 759 g/mol. The number of benzene rings is 11.